The van der Waals surface area contributed by atoms with Crippen LogP contribution in [0.15, 0.2) is 115 Å². The molecule has 4 nitrogen and oxygen atoms in total. The van der Waals surface area contributed by atoms with E-state index in [9.17, 15) is 5.26 Å². The Morgan fingerprint density at radius 1 is 0.558 bits per heavy atom. The molecule has 9 rings (SSSR count). The number of nitriles is 1. The van der Waals surface area contributed by atoms with Gasteiger partial charge in [-0.25, -0.2) is 15.0 Å². The van der Waals surface area contributed by atoms with Gasteiger partial charge >= 0.3 is 0 Å². The van der Waals surface area contributed by atoms with Gasteiger partial charge in [0.2, 0.25) is 0 Å². The Morgan fingerprint density at radius 3 is 1.73 bits per heavy atom. The summed E-state index contributed by atoms with van der Waals surface area (Å²) >= 11 is 0. The summed E-state index contributed by atoms with van der Waals surface area (Å²) in [5.41, 5.74) is 12.5. The van der Waals surface area contributed by atoms with Crippen LogP contribution in [0.25, 0.3) is 56.4 Å². The largest absolute Gasteiger partial charge is 0.208 e. The molecule has 0 amide bonds. The lowest BCUT2D eigenvalue weighted by atomic mass is 9.54. The number of aromatic nitrogens is 3. The Balaban J connectivity index is 1.06. The van der Waals surface area contributed by atoms with Crippen LogP contribution in [0.3, 0.4) is 0 Å². The van der Waals surface area contributed by atoms with Gasteiger partial charge in [-0.1, -0.05) is 125 Å². The zero-order chi connectivity index (χ0) is 35.6. The smallest absolute Gasteiger partial charge is 0.164 e. The summed E-state index contributed by atoms with van der Waals surface area (Å²) in [4.78, 5) is 15.1. The van der Waals surface area contributed by atoms with Crippen LogP contribution < -0.4 is 0 Å². The van der Waals surface area contributed by atoms with E-state index in [4.69, 9.17) is 15.0 Å². The molecule has 0 saturated heterocycles. The molecule has 2 saturated carbocycles. The molecule has 5 aromatic carbocycles. The third-order valence-corrected chi connectivity index (χ3v) is 12.3. The van der Waals surface area contributed by atoms with Crippen LogP contribution in [-0.4, -0.2) is 15.0 Å². The SMILES string of the molecule is C[C@@H]1C[C@@H]2C[C@H](C)CC(c3ccc(-c4nc(-c5ccccc5)nc(-c5ccc(-c6ccc7c(c6)-c6ccc(C#N)cc6C7(C)C)cc5)n4)cc3)(C1)C2. The van der Waals surface area contributed by atoms with Crippen LogP contribution >= 0.6 is 0 Å². The number of benzene rings is 5. The lowest BCUT2D eigenvalue weighted by molar-refractivity contribution is 0.0780. The quantitative estimate of drug-likeness (QED) is 0.182. The van der Waals surface area contributed by atoms with Crippen molar-refractivity contribution in [1.29, 1.82) is 5.26 Å². The van der Waals surface area contributed by atoms with Gasteiger partial charge in [0.15, 0.2) is 17.5 Å². The minimum atomic E-state index is -0.154. The predicted octanol–water partition coefficient (Wildman–Crippen LogP) is 11.8. The maximum Gasteiger partial charge on any atom is 0.164 e. The molecule has 0 radical (unpaired) electrons. The van der Waals surface area contributed by atoms with Crippen molar-refractivity contribution < 1.29 is 0 Å². The van der Waals surface area contributed by atoms with Gasteiger partial charge in [-0.3, -0.25) is 0 Å². The van der Waals surface area contributed by atoms with Crippen LogP contribution in [0.5, 0.6) is 0 Å². The third-order valence-electron chi connectivity index (χ3n) is 12.3. The van der Waals surface area contributed by atoms with Crippen molar-refractivity contribution in [2.24, 2.45) is 17.8 Å². The van der Waals surface area contributed by atoms with Crippen LogP contribution in [0.2, 0.25) is 0 Å². The minimum absolute atomic E-state index is 0.154. The van der Waals surface area contributed by atoms with E-state index < -0.39 is 0 Å². The zero-order valence-electron chi connectivity index (χ0n) is 30.5. The van der Waals surface area contributed by atoms with Crippen molar-refractivity contribution in [3.63, 3.8) is 0 Å². The van der Waals surface area contributed by atoms with Gasteiger partial charge in [0.25, 0.3) is 0 Å². The first kappa shape index (κ1) is 32.5. The van der Waals surface area contributed by atoms with Gasteiger partial charge in [-0.05, 0) is 112 Å². The summed E-state index contributed by atoms with van der Waals surface area (Å²) in [5.74, 6) is 4.45. The van der Waals surface area contributed by atoms with Crippen molar-refractivity contribution in [1.82, 2.24) is 15.0 Å². The average molecular weight is 677 g/mol. The van der Waals surface area contributed by atoms with Crippen molar-refractivity contribution in [2.45, 2.75) is 70.6 Å². The fourth-order valence-corrected chi connectivity index (χ4v) is 10.2. The Hall–Kier alpha value is -5.40. The van der Waals surface area contributed by atoms with Crippen LogP contribution in [0.4, 0.5) is 0 Å². The zero-order valence-corrected chi connectivity index (χ0v) is 30.5. The van der Waals surface area contributed by atoms with E-state index >= 15 is 0 Å². The predicted molar refractivity (Wildman–Crippen MR) is 210 cm³/mol. The van der Waals surface area contributed by atoms with E-state index in [1.54, 1.807) is 0 Å². The number of hydrogen-bond donors (Lipinski definition) is 0. The number of fused-ring (bicyclic) bond motifs is 5. The maximum atomic E-state index is 9.53. The summed E-state index contributed by atoms with van der Waals surface area (Å²) < 4.78 is 0. The molecule has 0 N–H and O–H groups in total. The van der Waals surface area contributed by atoms with Gasteiger partial charge in [0, 0.05) is 22.1 Å². The van der Waals surface area contributed by atoms with E-state index in [-0.39, 0.29) is 5.41 Å². The van der Waals surface area contributed by atoms with Crippen LogP contribution in [-0.2, 0) is 10.8 Å². The maximum absolute atomic E-state index is 9.53. The lowest BCUT2D eigenvalue weighted by Gasteiger charge is -2.50. The Kier molecular flexibility index (Phi) is 7.74. The molecule has 6 aromatic rings. The normalized spacial score (nSPS) is 22.6. The molecule has 4 heteroatoms. The van der Waals surface area contributed by atoms with Crippen molar-refractivity contribution in [2.75, 3.05) is 0 Å². The van der Waals surface area contributed by atoms with Crippen molar-refractivity contribution in [3.8, 4) is 62.5 Å². The second-order valence-electron chi connectivity index (χ2n) is 16.5. The summed E-state index contributed by atoms with van der Waals surface area (Å²) in [6, 6.07) is 43.2. The fraction of sp³-hybridized carbons (Fsp3) is 0.292. The second-order valence-corrected chi connectivity index (χ2v) is 16.5. The summed E-state index contributed by atoms with van der Waals surface area (Å²) in [7, 11) is 0. The Morgan fingerprint density at radius 2 is 1.12 bits per heavy atom. The van der Waals surface area contributed by atoms with Gasteiger partial charge in [0.1, 0.15) is 0 Å². The molecule has 4 atom stereocenters. The monoisotopic (exact) mass is 676 g/mol. The van der Waals surface area contributed by atoms with Crippen LogP contribution in [0, 0.1) is 29.1 Å². The molecule has 2 bridgehead atoms. The number of hydrogen-bond acceptors (Lipinski definition) is 4. The molecular formula is C48H44N4. The third kappa shape index (κ3) is 5.55. The second kappa shape index (κ2) is 12.4. The molecule has 0 aliphatic heterocycles. The van der Waals surface area contributed by atoms with Crippen LogP contribution in [0.1, 0.15) is 82.1 Å². The first-order valence-electron chi connectivity index (χ1n) is 18.9. The highest BCUT2D eigenvalue weighted by molar-refractivity contribution is 5.85. The number of rotatable bonds is 5. The molecule has 1 unspecified atom stereocenters. The molecule has 3 aliphatic rings. The van der Waals surface area contributed by atoms with Gasteiger partial charge < -0.3 is 0 Å². The summed E-state index contributed by atoms with van der Waals surface area (Å²) in [6.45, 7) is 9.40. The van der Waals surface area contributed by atoms with Crippen molar-refractivity contribution in [3.05, 3.63) is 138 Å². The molecule has 52 heavy (non-hydrogen) atoms. The number of nitrogens with zero attached hydrogens (tertiary/aromatic N) is 4. The molecule has 1 heterocycles. The van der Waals surface area contributed by atoms with E-state index in [0.717, 1.165) is 45.6 Å². The van der Waals surface area contributed by atoms with Crippen molar-refractivity contribution >= 4 is 0 Å². The van der Waals surface area contributed by atoms with E-state index in [2.05, 4.69) is 119 Å². The highest BCUT2D eigenvalue weighted by Gasteiger charge is 2.45. The first-order chi connectivity index (χ1) is 25.2. The van der Waals surface area contributed by atoms with E-state index in [1.807, 2.05) is 30.3 Å². The Bertz CT molecular complexity index is 2330. The fourth-order valence-electron chi connectivity index (χ4n) is 10.2. The first-order valence-corrected chi connectivity index (χ1v) is 18.9. The lowest BCUT2D eigenvalue weighted by Crippen LogP contribution is -2.42. The van der Waals surface area contributed by atoms with E-state index in [1.165, 1.54) is 59.9 Å². The molecular weight excluding hydrogens is 633 g/mol. The minimum Gasteiger partial charge on any atom is -0.208 e. The topological polar surface area (TPSA) is 62.5 Å². The van der Waals surface area contributed by atoms with E-state index in [0.29, 0.717) is 28.5 Å². The highest BCUT2D eigenvalue weighted by Crippen LogP contribution is 2.54. The summed E-state index contributed by atoms with van der Waals surface area (Å²) in [5, 5.41) is 9.53. The summed E-state index contributed by atoms with van der Waals surface area (Å²) in [6.07, 6.45) is 6.66. The molecule has 1 aromatic heterocycles. The van der Waals surface area contributed by atoms with Gasteiger partial charge in [0.05, 0.1) is 11.6 Å². The van der Waals surface area contributed by atoms with Gasteiger partial charge in [-0.15, -0.1) is 0 Å². The molecule has 256 valence electrons. The average Bonchev–Trinajstić information content (AvgIpc) is 3.39. The molecule has 0 spiro atoms. The van der Waals surface area contributed by atoms with Gasteiger partial charge in [-0.2, -0.15) is 5.26 Å². The highest BCUT2D eigenvalue weighted by atomic mass is 15.0. The molecule has 2 fully saturated rings. The standard InChI is InChI=1S/C48H44N4/c1-30-22-33-23-31(2)27-48(26-30,28-33)39-18-15-37(16-19-39)46-51-44(35-8-6-5-7-9-35)50-45(52-46)36-13-11-34(12-14-36)38-17-21-42-41(25-38)40-20-10-32(29-49)24-43(40)47(42,3)4/h5-21,24-25,30-31,33H,22-23,26-28H2,1-4H3/t30-,31+,33-,48?. The molecule has 3 aliphatic carbocycles. The Labute approximate surface area is 307 Å².